The molecule has 0 heterocycles. The maximum atomic E-state index is 9.33. The van der Waals surface area contributed by atoms with E-state index in [1.54, 1.807) is 30.3 Å². The smallest absolute Gasteiger partial charge is 0.116 e. The average Bonchev–Trinajstić information content (AvgIpc) is 2.28. The van der Waals surface area contributed by atoms with Gasteiger partial charge in [0.1, 0.15) is 5.75 Å². The van der Waals surface area contributed by atoms with Crippen LogP contribution in [-0.2, 0) is 0 Å². The van der Waals surface area contributed by atoms with Gasteiger partial charge in [0.05, 0.1) is 0 Å². The van der Waals surface area contributed by atoms with Crippen molar-refractivity contribution in [2.24, 2.45) is 0 Å². The van der Waals surface area contributed by atoms with Gasteiger partial charge in [0.15, 0.2) is 0 Å². The van der Waals surface area contributed by atoms with Crippen molar-refractivity contribution in [3.63, 3.8) is 0 Å². The molecule has 0 unspecified atom stereocenters. The zero-order chi connectivity index (χ0) is 12.3. The van der Waals surface area contributed by atoms with Crippen molar-refractivity contribution in [3.05, 3.63) is 53.6 Å². The number of hydrogen-bond acceptors (Lipinski definition) is 3. The minimum Gasteiger partial charge on any atom is -0.508 e. The normalized spacial score (nSPS) is 10.8. The van der Waals surface area contributed by atoms with E-state index in [0.29, 0.717) is 11.4 Å². The summed E-state index contributed by atoms with van der Waals surface area (Å²) in [6.45, 7) is 0. The van der Waals surface area contributed by atoms with Crippen molar-refractivity contribution < 1.29 is 5.11 Å². The van der Waals surface area contributed by atoms with E-state index >= 15 is 0 Å². The second-order valence-corrected chi connectivity index (χ2v) is 3.82. The molecule has 0 aliphatic carbocycles. The Balaban J connectivity index is 2.26. The summed E-state index contributed by atoms with van der Waals surface area (Å²) in [6, 6.07) is 12.4. The predicted octanol–water partition coefficient (Wildman–Crippen LogP) is 2.73. The van der Waals surface area contributed by atoms with E-state index in [-0.39, 0.29) is 5.75 Å². The molecule has 86 valence electrons. The number of nitrogen functional groups attached to an aromatic ring is 2. The van der Waals surface area contributed by atoms with Crippen LogP contribution in [0.3, 0.4) is 0 Å². The van der Waals surface area contributed by atoms with Crippen molar-refractivity contribution >= 4 is 23.5 Å². The van der Waals surface area contributed by atoms with Crippen LogP contribution in [0.25, 0.3) is 12.2 Å². The number of nitrogens with two attached hydrogens (primary N) is 2. The maximum absolute atomic E-state index is 9.33. The molecule has 0 atom stereocenters. The van der Waals surface area contributed by atoms with Gasteiger partial charge in [-0.05, 0) is 35.4 Å². The third kappa shape index (κ3) is 2.78. The van der Waals surface area contributed by atoms with Crippen molar-refractivity contribution in [1.82, 2.24) is 0 Å². The third-order valence-electron chi connectivity index (χ3n) is 2.44. The lowest BCUT2D eigenvalue weighted by Gasteiger charge is -2.01. The van der Waals surface area contributed by atoms with Crippen LogP contribution in [0.15, 0.2) is 42.5 Å². The first-order valence-corrected chi connectivity index (χ1v) is 5.27. The Morgan fingerprint density at radius 2 is 1.76 bits per heavy atom. The number of phenolic OH excluding ortho intramolecular Hbond substituents is 1. The molecule has 3 nitrogen and oxygen atoms in total. The Kier molecular flexibility index (Phi) is 3.01. The number of rotatable bonds is 2. The molecule has 5 N–H and O–H groups in total. The fraction of sp³-hybridized carbons (Fsp3) is 0. The molecule has 0 saturated heterocycles. The highest BCUT2D eigenvalue weighted by molar-refractivity contribution is 5.77. The lowest BCUT2D eigenvalue weighted by molar-refractivity contribution is 0.475. The van der Waals surface area contributed by atoms with Crippen LogP contribution in [0.1, 0.15) is 11.1 Å². The summed E-state index contributed by atoms with van der Waals surface area (Å²) in [5.41, 5.74) is 14.6. The second-order valence-electron chi connectivity index (χ2n) is 3.82. The minimum atomic E-state index is 0.248. The van der Waals surface area contributed by atoms with Gasteiger partial charge in [-0.1, -0.05) is 30.4 Å². The fourth-order valence-corrected chi connectivity index (χ4v) is 1.56. The quantitative estimate of drug-likeness (QED) is 0.544. The van der Waals surface area contributed by atoms with Gasteiger partial charge in [0.2, 0.25) is 0 Å². The number of hydrogen-bond donors (Lipinski definition) is 3. The van der Waals surface area contributed by atoms with Crippen molar-refractivity contribution in [2.45, 2.75) is 0 Å². The first-order chi connectivity index (χ1) is 8.15. The van der Waals surface area contributed by atoms with Crippen LogP contribution < -0.4 is 11.5 Å². The molecule has 2 aromatic rings. The van der Waals surface area contributed by atoms with E-state index in [1.807, 2.05) is 24.3 Å². The summed E-state index contributed by atoms with van der Waals surface area (Å²) in [4.78, 5) is 0. The summed E-state index contributed by atoms with van der Waals surface area (Å²) in [7, 11) is 0. The minimum absolute atomic E-state index is 0.248. The molecule has 0 bridgehead atoms. The second kappa shape index (κ2) is 4.61. The standard InChI is InChI=1S/C14H14N2O/c15-12-7-6-11(14(16)9-12)5-4-10-2-1-3-13(17)8-10/h1-9,17H,15-16H2/b5-4+. The monoisotopic (exact) mass is 226 g/mol. The number of aromatic hydroxyl groups is 1. The fourth-order valence-electron chi connectivity index (χ4n) is 1.56. The van der Waals surface area contributed by atoms with E-state index in [2.05, 4.69) is 0 Å². The summed E-state index contributed by atoms with van der Waals surface area (Å²) in [5, 5.41) is 9.33. The molecule has 2 aromatic carbocycles. The molecule has 0 saturated carbocycles. The lowest BCUT2D eigenvalue weighted by Crippen LogP contribution is -1.92. The first kappa shape index (κ1) is 11.1. The van der Waals surface area contributed by atoms with Crippen LogP contribution in [0.5, 0.6) is 5.75 Å². The van der Waals surface area contributed by atoms with Gasteiger partial charge >= 0.3 is 0 Å². The lowest BCUT2D eigenvalue weighted by atomic mass is 10.1. The molecular weight excluding hydrogens is 212 g/mol. The van der Waals surface area contributed by atoms with E-state index < -0.39 is 0 Å². The molecule has 0 aliphatic heterocycles. The number of phenols is 1. The van der Waals surface area contributed by atoms with Crippen LogP contribution in [0.2, 0.25) is 0 Å². The SMILES string of the molecule is Nc1ccc(/C=C/c2cccc(O)c2)c(N)c1. The molecule has 0 aromatic heterocycles. The third-order valence-corrected chi connectivity index (χ3v) is 2.44. The van der Waals surface area contributed by atoms with Crippen molar-refractivity contribution in [2.75, 3.05) is 11.5 Å². The van der Waals surface area contributed by atoms with Crippen molar-refractivity contribution in [3.8, 4) is 5.75 Å². The van der Waals surface area contributed by atoms with Crippen LogP contribution >= 0.6 is 0 Å². The Morgan fingerprint density at radius 3 is 2.47 bits per heavy atom. The first-order valence-electron chi connectivity index (χ1n) is 5.27. The van der Waals surface area contributed by atoms with Crippen LogP contribution in [0, 0.1) is 0 Å². The molecule has 0 aliphatic rings. The topological polar surface area (TPSA) is 72.3 Å². The van der Waals surface area contributed by atoms with E-state index in [1.165, 1.54) is 0 Å². The van der Waals surface area contributed by atoms with Crippen LogP contribution in [0.4, 0.5) is 11.4 Å². The molecule has 3 heteroatoms. The van der Waals surface area contributed by atoms with Crippen LogP contribution in [-0.4, -0.2) is 5.11 Å². The van der Waals surface area contributed by atoms with E-state index in [9.17, 15) is 5.11 Å². The predicted molar refractivity (Wildman–Crippen MR) is 72.3 cm³/mol. The van der Waals surface area contributed by atoms with E-state index in [4.69, 9.17) is 11.5 Å². The van der Waals surface area contributed by atoms with Gasteiger partial charge in [-0.3, -0.25) is 0 Å². The van der Waals surface area contributed by atoms with Gasteiger partial charge in [0, 0.05) is 11.4 Å². The van der Waals surface area contributed by atoms with Crippen molar-refractivity contribution in [1.29, 1.82) is 0 Å². The summed E-state index contributed by atoms with van der Waals surface area (Å²) in [5.74, 6) is 0.248. The Hall–Kier alpha value is -2.42. The Labute approximate surface area is 100 Å². The molecular formula is C14H14N2O. The molecule has 0 radical (unpaired) electrons. The highest BCUT2D eigenvalue weighted by atomic mass is 16.3. The summed E-state index contributed by atoms with van der Waals surface area (Å²) in [6.07, 6.45) is 3.78. The van der Waals surface area contributed by atoms with E-state index in [0.717, 1.165) is 11.1 Å². The van der Waals surface area contributed by atoms with Gasteiger partial charge in [-0.25, -0.2) is 0 Å². The zero-order valence-corrected chi connectivity index (χ0v) is 9.30. The number of benzene rings is 2. The molecule has 0 fully saturated rings. The maximum Gasteiger partial charge on any atom is 0.116 e. The highest BCUT2D eigenvalue weighted by Crippen LogP contribution is 2.19. The van der Waals surface area contributed by atoms with Gasteiger partial charge in [-0.2, -0.15) is 0 Å². The largest absolute Gasteiger partial charge is 0.508 e. The van der Waals surface area contributed by atoms with Gasteiger partial charge in [-0.15, -0.1) is 0 Å². The Morgan fingerprint density at radius 1 is 0.941 bits per heavy atom. The average molecular weight is 226 g/mol. The van der Waals surface area contributed by atoms with Gasteiger partial charge in [0.25, 0.3) is 0 Å². The molecule has 2 rings (SSSR count). The number of anilines is 2. The molecule has 0 amide bonds. The highest BCUT2D eigenvalue weighted by Gasteiger charge is 1.95. The Bertz CT molecular complexity index is 562. The molecule has 17 heavy (non-hydrogen) atoms. The zero-order valence-electron chi connectivity index (χ0n) is 9.30. The summed E-state index contributed by atoms with van der Waals surface area (Å²) < 4.78 is 0. The van der Waals surface area contributed by atoms with Gasteiger partial charge < -0.3 is 16.6 Å². The summed E-state index contributed by atoms with van der Waals surface area (Å²) >= 11 is 0. The molecule has 0 spiro atoms.